The summed E-state index contributed by atoms with van der Waals surface area (Å²) >= 11 is 0. The van der Waals surface area contributed by atoms with Gasteiger partial charge in [-0.2, -0.15) is 0 Å². The standard InChI is InChI=1S/C7H11N3O4S/c1-3-14-7(11)6-8-5(9-10-6)4-15(2,12)13/h3-4H2,1-2H3,(H,8,9,10). The highest BCUT2D eigenvalue weighted by Gasteiger charge is 2.15. The molecule has 0 saturated heterocycles. The van der Waals surface area contributed by atoms with Crippen molar-refractivity contribution >= 4 is 15.8 Å². The number of hydrogen-bond acceptors (Lipinski definition) is 6. The molecular weight excluding hydrogens is 222 g/mol. The third-order valence-corrected chi connectivity index (χ3v) is 2.19. The zero-order valence-electron chi connectivity index (χ0n) is 8.35. The number of carbonyl (C=O) groups is 1. The first-order chi connectivity index (χ1) is 6.92. The molecule has 0 aliphatic rings. The molecule has 0 saturated carbocycles. The monoisotopic (exact) mass is 233 g/mol. The van der Waals surface area contributed by atoms with Crippen LogP contribution in [0, 0.1) is 0 Å². The Labute approximate surface area is 86.8 Å². The van der Waals surface area contributed by atoms with Gasteiger partial charge in [0.2, 0.25) is 0 Å². The molecule has 0 radical (unpaired) electrons. The van der Waals surface area contributed by atoms with Crippen LogP contribution in [0.2, 0.25) is 0 Å². The second-order valence-corrected chi connectivity index (χ2v) is 5.04. The molecule has 1 rings (SSSR count). The summed E-state index contributed by atoms with van der Waals surface area (Å²) in [6.45, 7) is 1.87. The van der Waals surface area contributed by atoms with E-state index in [-0.39, 0.29) is 24.0 Å². The maximum absolute atomic E-state index is 11.1. The molecule has 15 heavy (non-hydrogen) atoms. The second kappa shape index (κ2) is 4.39. The van der Waals surface area contributed by atoms with E-state index < -0.39 is 15.8 Å². The number of esters is 1. The van der Waals surface area contributed by atoms with Crippen molar-refractivity contribution in [3.63, 3.8) is 0 Å². The van der Waals surface area contributed by atoms with Crippen molar-refractivity contribution in [2.45, 2.75) is 12.7 Å². The van der Waals surface area contributed by atoms with E-state index in [4.69, 9.17) is 0 Å². The Kier molecular flexibility index (Phi) is 3.40. The summed E-state index contributed by atoms with van der Waals surface area (Å²) in [5.74, 6) is -0.982. The predicted octanol–water partition coefficient (Wildman–Crippen LogP) is -0.474. The molecule has 8 heteroatoms. The molecule has 1 aromatic heterocycles. The number of aromatic nitrogens is 3. The van der Waals surface area contributed by atoms with Crippen LogP contribution in [-0.2, 0) is 20.3 Å². The van der Waals surface area contributed by atoms with Gasteiger partial charge in [0.15, 0.2) is 9.84 Å². The Hall–Kier alpha value is -1.44. The SMILES string of the molecule is CCOC(=O)c1n[nH]c(CS(C)(=O)=O)n1. The fraction of sp³-hybridized carbons (Fsp3) is 0.571. The molecule has 84 valence electrons. The minimum absolute atomic E-state index is 0.126. The molecule has 1 N–H and O–H groups in total. The van der Waals surface area contributed by atoms with Gasteiger partial charge in [-0.15, -0.1) is 5.10 Å². The molecule has 0 bridgehead atoms. The summed E-state index contributed by atoms with van der Waals surface area (Å²) in [4.78, 5) is 14.8. The van der Waals surface area contributed by atoms with Crippen molar-refractivity contribution in [1.82, 2.24) is 15.2 Å². The van der Waals surface area contributed by atoms with E-state index in [2.05, 4.69) is 19.9 Å². The molecular formula is C7H11N3O4S. The number of rotatable bonds is 4. The fourth-order valence-electron chi connectivity index (χ4n) is 0.895. The smallest absolute Gasteiger partial charge is 0.378 e. The summed E-state index contributed by atoms with van der Waals surface area (Å²) in [6.07, 6.45) is 1.07. The van der Waals surface area contributed by atoms with Gasteiger partial charge < -0.3 is 4.74 Å². The summed E-state index contributed by atoms with van der Waals surface area (Å²) in [7, 11) is -3.19. The molecule has 0 fully saturated rings. The van der Waals surface area contributed by atoms with Gasteiger partial charge in [0.05, 0.1) is 6.61 Å². The summed E-state index contributed by atoms with van der Waals surface area (Å²) in [5.41, 5.74) is 0. The van der Waals surface area contributed by atoms with Crippen molar-refractivity contribution in [2.24, 2.45) is 0 Å². The molecule has 0 aromatic carbocycles. The van der Waals surface area contributed by atoms with Crippen molar-refractivity contribution in [2.75, 3.05) is 12.9 Å². The molecule has 0 atom stereocenters. The molecule has 0 amide bonds. The minimum atomic E-state index is -3.19. The van der Waals surface area contributed by atoms with E-state index in [1.165, 1.54) is 0 Å². The van der Waals surface area contributed by atoms with Crippen LogP contribution in [-0.4, -0.2) is 42.4 Å². The van der Waals surface area contributed by atoms with Gasteiger partial charge in [-0.05, 0) is 6.92 Å². The zero-order chi connectivity index (χ0) is 11.5. The first kappa shape index (κ1) is 11.6. The lowest BCUT2D eigenvalue weighted by molar-refractivity contribution is 0.0512. The van der Waals surface area contributed by atoms with Crippen LogP contribution in [0.15, 0.2) is 0 Å². The van der Waals surface area contributed by atoms with Gasteiger partial charge in [-0.3, -0.25) is 5.10 Å². The van der Waals surface area contributed by atoms with E-state index >= 15 is 0 Å². The summed E-state index contributed by atoms with van der Waals surface area (Å²) in [5, 5.41) is 5.90. The lowest BCUT2D eigenvalue weighted by atomic mass is 10.6. The maximum atomic E-state index is 11.1. The van der Waals surface area contributed by atoms with Crippen molar-refractivity contribution in [3.05, 3.63) is 11.6 Å². The molecule has 1 heterocycles. The number of carbonyl (C=O) groups excluding carboxylic acids is 1. The Morgan fingerprint density at radius 1 is 1.53 bits per heavy atom. The Balaban J connectivity index is 2.77. The highest BCUT2D eigenvalue weighted by molar-refractivity contribution is 7.89. The Morgan fingerprint density at radius 3 is 2.73 bits per heavy atom. The zero-order valence-corrected chi connectivity index (χ0v) is 9.17. The normalized spacial score (nSPS) is 11.3. The minimum Gasteiger partial charge on any atom is -0.460 e. The lowest BCUT2D eigenvalue weighted by Gasteiger charge is -1.94. The van der Waals surface area contributed by atoms with Crippen LogP contribution < -0.4 is 0 Å². The second-order valence-electron chi connectivity index (χ2n) is 2.90. The van der Waals surface area contributed by atoms with Gasteiger partial charge in [-0.1, -0.05) is 0 Å². The van der Waals surface area contributed by atoms with Crippen molar-refractivity contribution in [1.29, 1.82) is 0 Å². The first-order valence-electron chi connectivity index (χ1n) is 4.18. The topological polar surface area (TPSA) is 102 Å². The van der Waals surface area contributed by atoms with Gasteiger partial charge in [0, 0.05) is 6.26 Å². The summed E-state index contributed by atoms with van der Waals surface area (Å²) in [6, 6.07) is 0. The number of ether oxygens (including phenoxy) is 1. The Bertz CT molecular complexity index is 451. The largest absolute Gasteiger partial charge is 0.460 e. The lowest BCUT2D eigenvalue weighted by Crippen LogP contribution is -2.07. The van der Waals surface area contributed by atoms with E-state index in [0.717, 1.165) is 6.26 Å². The Morgan fingerprint density at radius 2 is 2.20 bits per heavy atom. The van der Waals surface area contributed by atoms with Crippen LogP contribution in [0.4, 0.5) is 0 Å². The maximum Gasteiger partial charge on any atom is 0.378 e. The highest BCUT2D eigenvalue weighted by Crippen LogP contribution is 2.00. The first-order valence-corrected chi connectivity index (χ1v) is 6.24. The molecule has 7 nitrogen and oxygen atoms in total. The van der Waals surface area contributed by atoms with Gasteiger partial charge in [0.1, 0.15) is 11.6 Å². The number of hydrogen-bond donors (Lipinski definition) is 1. The fourth-order valence-corrected chi connectivity index (χ4v) is 1.52. The number of H-pyrrole nitrogens is 1. The van der Waals surface area contributed by atoms with Gasteiger partial charge in [-0.25, -0.2) is 18.2 Å². The number of nitrogens with zero attached hydrogens (tertiary/aromatic N) is 2. The van der Waals surface area contributed by atoms with Crippen LogP contribution in [0.5, 0.6) is 0 Å². The average molecular weight is 233 g/mol. The predicted molar refractivity (Wildman–Crippen MR) is 50.9 cm³/mol. The third kappa shape index (κ3) is 3.66. The molecule has 0 aliphatic heterocycles. The number of nitrogens with one attached hydrogen (secondary N) is 1. The van der Waals surface area contributed by atoms with Gasteiger partial charge >= 0.3 is 5.97 Å². The van der Waals surface area contributed by atoms with E-state index in [0.29, 0.717) is 0 Å². The van der Waals surface area contributed by atoms with Crippen LogP contribution >= 0.6 is 0 Å². The molecule has 0 unspecified atom stereocenters. The molecule has 0 aliphatic carbocycles. The van der Waals surface area contributed by atoms with Crippen LogP contribution in [0.25, 0.3) is 0 Å². The van der Waals surface area contributed by atoms with Crippen molar-refractivity contribution in [3.8, 4) is 0 Å². The number of aromatic amines is 1. The summed E-state index contributed by atoms with van der Waals surface area (Å²) < 4.78 is 26.4. The van der Waals surface area contributed by atoms with E-state index in [9.17, 15) is 13.2 Å². The number of sulfone groups is 1. The quantitative estimate of drug-likeness (QED) is 0.705. The van der Waals surface area contributed by atoms with Gasteiger partial charge in [0.25, 0.3) is 5.82 Å². The average Bonchev–Trinajstić information content (AvgIpc) is 2.50. The van der Waals surface area contributed by atoms with E-state index in [1.807, 2.05) is 0 Å². The third-order valence-electron chi connectivity index (χ3n) is 1.39. The molecule has 1 aromatic rings. The van der Waals surface area contributed by atoms with Crippen molar-refractivity contribution < 1.29 is 17.9 Å². The van der Waals surface area contributed by atoms with Crippen LogP contribution in [0.3, 0.4) is 0 Å². The van der Waals surface area contributed by atoms with E-state index in [1.54, 1.807) is 6.92 Å². The highest BCUT2D eigenvalue weighted by atomic mass is 32.2. The molecule has 0 spiro atoms. The van der Waals surface area contributed by atoms with Crippen LogP contribution in [0.1, 0.15) is 23.4 Å².